The first-order valence-corrected chi connectivity index (χ1v) is 9.36. The highest BCUT2D eigenvalue weighted by molar-refractivity contribution is 6.01. The van der Waals surface area contributed by atoms with Gasteiger partial charge in [-0.2, -0.15) is 0 Å². The average molecular weight is 366 g/mol. The molecule has 0 heterocycles. The molecule has 0 radical (unpaired) electrons. The smallest absolute Gasteiger partial charge is 0.255 e. The van der Waals surface area contributed by atoms with Gasteiger partial charge in [0.1, 0.15) is 5.75 Å². The maximum atomic E-state index is 12.4. The Kier molecular flexibility index (Phi) is 5.49. The van der Waals surface area contributed by atoms with Crippen LogP contribution < -0.4 is 10.6 Å². The molecule has 3 N–H and O–H groups in total. The molecule has 0 aromatic heterocycles. The maximum Gasteiger partial charge on any atom is 0.255 e. The highest BCUT2D eigenvalue weighted by atomic mass is 16.3. The van der Waals surface area contributed by atoms with Crippen LogP contribution in [0.4, 0.5) is 5.69 Å². The number of benzene rings is 2. The first-order valence-electron chi connectivity index (χ1n) is 9.36. The van der Waals surface area contributed by atoms with Gasteiger partial charge >= 0.3 is 0 Å². The molecule has 0 saturated heterocycles. The van der Waals surface area contributed by atoms with Crippen molar-refractivity contribution in [2.45, 2.75) is 46.5 Å². The zero-order chi connectivity index (χ0) is 19.6. The number of anilines is 1. The number of carbonyl (C=O) groups is 2. The van der Waals surface area contributed by atoms with Crippen LogP contribution >= 0.6 is 0 Å². The van der Waals surface area contributed by atoms with Crippen LogP contribution in [-0.4, -0.2) is 23.5 Å². The molecule has 1 aliphatic carbocycles. The minimum absolute atomic E-state index is 0.0289. The van der Waals surface area contributed by atoms with Crippen molar-refractivity contribution in [2.24, 2.45) is 0 Å². The molecule has 2 aromatic carbocycles. The van der Waals surface area contributed by atoms with Crippen LogP contribution in [0.15, 0.2) is 24.3 Å². The lowest BCUT2D eigenvalue weighted by Gasteiger charge is -2.18. The summed E-state index contributed by atoms with van der Waals surface area (Å²) in [5.74, 6) is -0.761. The van der Waals surface area contributed by atoms with Gasteiger partial charge in [-0.05, 0) is 80.8 Å². The molecule has 3 rings (SSSR count). The van der Waals surface area contributed by atoms with Crippen molar-refractivity contribution in [3.8, 4) is 5.75 Å². The van der Waals surface area contributed by atoms with Crippen LogP contribution in [0, 0.1) is 20.8 Å². The summed E-state index contributed by atoms with van der Waals surface area (Å²) in [5, 5.41) is 15.6. The third-order valence-corrected chi connectivity index (χ3v) is 5.06. The van der Waals surface area contributed by atoms with Crippen molar-refractivity contribution in [3.05, 3.63) is 57.6 Å². The Balaban J connectivity index is 1.65. The van der Waals surface area contributed by atoms with Crippen molar-refractivity contribution in [3.63, 3.8) is 0 Å². The van der Waals surface area contributed by atoms with Gasteiger partial charge in [0.2, 0.25) is 5.91 Å². The van der Waals surface area contributed by atoms with Crippen molar-refractivity contribution in [1.29, 1.82) is 0 Å². The molecule has 0 saturated carbocycles. The van der Waals surface area contributed by atoms with Crippen LogP contribution in [-0.2, 0) is 17.6 Å². The van der Waals surface area contributed by atoms with Crippen LogP contribution in [0.3, 0.4) is 0 Å². The lowest BCUT2D eigenvalue weighted by Crippen LogP contribution is -2.33. The fraction of sp³-hybridized carbons (Fsp3) is 0.364. The summed E-state index contributed by atoms with van der Waals surface area (Å²) in [6.45, 7) is 5.75. The molecule has 0 aliphatic heterocycles. The third-order valence-electron chi connectivity index (χ3n) is 5.06. The standard InChI is InChI=1S/C22H26N2O3/c1-13-8-14(2)21(15(3)9-13)24-20(26)12-23-22(27)18-10-16-6-4-5-7-17(16)11-19(18)25/h8-11,25H,4-7,12H2,1-3H3,(H,23,27)(H,24,26). The van der Waals surface area contributed by atoms with Gasteiger partial charge in [-0.25, -0.2) is 0 Å². The molecule has 5 nitrogen and oxygen atoms in total. The predicted octanol–water partition coefficient (Wildman–Crippen LogP) is 3.56. The average Bonchev–Trinajstić information content (AvgIpc) is 2.62. The summed E-state index contributed by atoms with van der Waals surface area (Å²) in [6, 6.07) is 7.45. The number of fused-ring (bicyclic) bond motifs is 1. The van der Waals surface area contributed by atoms with Gasteiger partial charge in [0.15, 0.2) is 0 Å². The van der Waals surface area contributed by atoms with Crippen molar-refractivity contribution in [2.75, 3.05) is 11.9 Å². The van der Waals surface area contributed by atoms with Gasteiger partial charge in [-0.15, -0.1) is 0 Å². The van der Waals surface area contributed by atoms with Crippen molar-refractivity contribution in [1.82, 2.24) is 5.32 Å². The van der Waals surface area contributed by atoms with E-state index in [1.165, 1.54) is 0 Å². The summed E-state index contributed by atoms with van der Waals surface area (Å²) in [7, 11) is 0. The molecule has 2 aromatic rings. The number of hydrogen-bond donors (Lipinski definition) is 3. The molecule has 0 spiro atoms. The van der Waals surface area contributed by atoms with E-state index in [0.29, 0.717) is 0 Å². The quantitative estimate of drug-likeness (QED) is 0.774. The van der Waals surface area contributed by atoms with E-state index >= 15 is 0 Å². The Labute approximate surface area is 159 Å². The fourth-order valence-electron chi connectivity index (χ4n) is 3.77. The Morgan fingerprint density at radius 3 is 2.19 bits per heavy atom. The number of nitrogens with one attached hydrogen (secondary N) is 2. The molecule has 142 valence electrons. The second-order valence-electron chi connectivity index (χ2n) is 7.35. The fourth-order valence-corrected chi connectivity index (χ4v) is 3.77. The summed E-state index contributed by atoms with van der Waals surface area (Å²) in [4.78, 5) is 24.7. The Bertz CT molecular complexity index is 880. The first-order chi connectivity index (χ1) is 12.8. The van der Waals surface area contributed by atoms with E-state index in [-0.39, 0.29) is 23.8 Å². The van der Waals surface area contributed by atoms with Crippen molar-refractivity contribution < 1.29 is 14.7 Å². The van der Waals surface area contributed by atoms with Crippen LogP contribution in [0.25, 0.3) is 0 Å². The number of phenols is 1. The van der Waals surface area contributed by atoms with Gasteiger partial charge < -0.3 is 15.7 Å². The molecule has 0 bridgehead atoms. The number of phenolic OH excluding ortho intramolecular Hbond substituents is 1. The lowest BCUT2D eigenvalue weighted by atomic mass is 9.90. The van der Waals surface area contributed by atoms with Gasteiger partial charge in [0, 0.05) is 5.69 Å². The summed E-state index contributed by atoms with van der Waals surface area (Å²) < 4.78 is 0. The molecule has 0 unspecified atom stereocenters. The number of hydrogen-bond acceptors (Lipinski definition) is 3. The molecular formula is C22H26N2O3. The molecule has 27 heavy (non-hydrogen) atoms. The zero-order valence-electron chi connectivity index (χ0n) is 16.1. The maximum absolute atomic E-state index is 12.4. The first kappa shape index (κ1) is 19.0. The predicted molar refractivity (Wildman–Crippen MR) is 106 cm³/mol. The Morgan fingerprint density at radius 1 is 0.963 bits per heavy atom. The van der Waals surface area contributed by atoms with Gasteiger partial charge in [0.05, 0.1) is 12.1 Å². The van der Waals surface area contributed by atoms with E-state index < -0.39 is 5.91 Å². The Hall–Kier alpha value is -2.82. The minimum atomic E-state index is -0.437. The van der Waals surface area contributed by atoms with E-state index in [1.807, 2.05) is 32.9 Å². The zero-order valence-corrected chi connectivity index (χ0v) is 16.1. The van der Waals surface area contributed by atoms with Gasteiger partial charge in [-0.1, -0.05) is 17.7 Å². The van der Waals surface area contributed by atoms with Crippen molar-refractivity contribution >= 4 is 17.5 Å². The normalized spacial score (nSPS) is 13.0. The minimum Gasteiger partial charge on any atom is -0.507 e. The van der Waals surface area contributed by atoms with E-state index in [1.54, 1.807) is 12.1 Å². The molecule has 0 atom stereocenters. The topological polar surface area (TPSA) is 78.4 Å². The molecule has 5 heteroatoms. The number of aryl methyl sites for hydroxylation is 5. The molecule has 2 amide bonds. The van der Waals surface area contributed by atoms with E-state index in [4.69, 9.17) is 0 Å². The van der Waals surface area contributed by atoms with E-state index in [0.717, 1.165) is 59.2 Å². The van der Waals surface area contributed by atoms with Crippen LogP contribution in [0.2, 0.25) is 0 Å². The highest BCUT2D eigenvalue weighted by Gasteiger charge is 2.18. The largest absolute Gasteiger partial charge is 0.507 e. The summed E-state index contributed by atoms with van der Waals surface area (Å²) in [5.41, 5.74) is 6.33. The Morgan fingerprint density at radius 2 is 1.56 bits per heavy atom. The number of carbonyl (C=O) groups excluding carboxylic acids is 2. The molecular weight excluding hydrogens is 340 g/mol. The van der Waals surface area contributed by atoms with E-state index in [9.17, 15) is 14.7 Å². The number of aromatic hydroxyl groups is 1. The monoisotopic (exact) mass is 366 g/mol. The highest BCUT2D eigenvalue weighted by Crippen LogP contribution is 2.28. The number of amides is 2. The van der Waals surface area contributed by atoms with E-state index in [2.05, 4.69) is 10.6 Å². The second kappa shape index (κ2) is 7.82. The SMILES string of the molecule is Cc1cc(C)c(NC(=O)CNC(=O)c2cc3c(cc2O)CCCC3)c(C)c1. The second-order valence-corrected chi connectivity index (χ2v) is 7.35. The number of rotatable bonds is 4. The third kappa shape index (κ3) is 4.30. The molecule has 0 fully saturated rings. The lowest BCUT2D eigenvalue weighted by molar-refractivity contribution is -0.115. The molecule has 1 aliphatic rings. The van der Waals surface area contributed by atoms with Crippen LogP contribution in [0.1, 0.15) is 51.0 Å². The summed E-state index contributed by atoms with van der Waals surface area (Å²) >= 11 is 0. The van der Waals surface area contributed by atoms with Gasteiger partial charge in [-0.3, -0.25) is 9.59 Å². The van der Waals surface area contributed by atoms with Gasteiger partial charge in [0.25, 0.3) is 5.91 Å². The summed E-state index contributed by atoms with van der Waals surface area (Å²) in [6.07, 6.45) is 4.05. The van der Waals surface area contributed by atoms with Crippen LogP contribution in [0.5, 0.6) is 5.75 Å².